The van der Waals surface area contributed by atoms with Gasteiger partial charge in [0.2, 0.25) is 0 Å². The smallest absolute Gasteiger partial charge is 0.0940 e. The van der Waals surface area contributed by atoms with E-state index in [-0.39, 0.29) is 29.9 Å². The van der Waals surface area contributed by atoms with Crippen LogP contribution in [0.5, 0.6) is 0 Å². The number of hydrogen-bond donors (Lipinski definition) is 4. The monoisotopic (exact) mass is 587 g/mol. The van der Waals surface area contributed by atoms with Gasteiger partial charge in [0.05, 0.1) is 12.1 Å². The van der Waals surface area contributed by atoms with Crippen LogP contribution in [0.1, 0.15) is 101 Å². The molecule has 0 spiro atoms. The zero-order valence-corrected chi connectivity index (χ0v) is 29.0. The van der Waals surface area contributed by atoms with E-state index in [4.69, 9.17) is 22.7 Å². The van der Waals surface area contributed by atoms with Crippen LogP contribution < -0.4 is 16.8 Å². The number of rotatable bonds is 8. The van der Waals surface area contributed by atoms with Gasteiger partial charge in [-0.15, -0.1) is 24.4 Å². The molecule has 1 aliphatic rings. The lowest BCUT2D eigenvalue weighted by molar-refractivity contribution is 0.229. The molecule has 0 aromatic heterocycles. The van der Waals surface area contributed by atoms with Gasteiger partial charge in [0.25, 0.3) is 0 Å². The Morgan fingerprint density at radius 2 is 1.65 bits per heavy atom. The summed E-state index contributed by atoms with van der Waals surface area (Å²) in [6.07, 6.45) is 24.4. The molecule has 1 rings (SSSR count). The van der Waals surface area contributed by atoms with Crippen LogP contribution in [0.3, 0.4) is 0 Å². The Labute approximate surface area is 255 Å². The molecule has 4 unspecified atom stereocenters. The maximum absolute atomic E-state index is 12.7. The molecule has 0 amide bonds. The van der Waals surface area contributed by atoms with E-state index < -0.39 is 0 Å². The van der Waals surface area contributed by atoms with Crippen LogP contribution in [0.2, 0.25) is 0 Å². The molecule has 6 N–H and O–H groups in total. The topological polar surface area (TPSA) is 87.9 Å². The Morgan fingerprint density at radius 3 is 2.00 bits per heavy atom. The first-order valence-electron chi connectivity index (χ1n) is 14.9. The first kappa shape index (κ1) is 48.3. The van der Waals surface area contributed by atoms with Crippen molar-refractivity contribution in [2.75, 3.05) is 27.8 Å². The number of allylic oxidation sites excluding steroid dienone is 5. The van der Waals surface area contributed by atoms with Gasteiger partial charge in [-0.25, -0.2) is 0 Å². The number of terminal acetylenes is 1. The summed E-state index contributed by atoms with van der Waals surface area (Å²) in [7, 11) is 5.25. The van der Waals surface area contributed by atoms with Crippen molar-refractivity contribution in [2.24, 2.45) is 34.6 Å². The van der Waals surface area contributed by atoms with Gasteiger partial charge in [0.1, 0.15) is 0 Å². The molecule has 0 saturated carbocycles. The fourth-order valence-electron chi connectivity index (χ4n) is 3.95. The summed E-state index contributed by atoms with van der Waals surface area (Å²) in [5.41, 5.74) is 12.7. The zero-order valence-electron chi connectivity index (χ0n) is 28.3. The van der Waals surface area contributed by atoms with E-state index in [0.717, 1.165) is 24.0 Å². The largest absolute Gasteiger partial charge is 0.333 e. The van der Waals surface area contributed by atoms with Crippen molar-refractivity contribution in [3.63, 3.8) is 0 Å². The van der Waals surface area contributed by atoms with Crippen molar-refractivity contribution < 1.29 is 4.39 Å². The summed E-state index contributed by atoms with van der Waals surface area (Å²) in [5, 5.41) is 10.2. The minimum Gasteiger partial charge on any atom is -0.333 e. The molecule has 0 aromatic carbocycles. The highest BCUT2D eigenvalue weighted by atomic mass is 35.5. The highest BCUT2D eigenvalue weighted by molar-refractivity contribution is 6.22. The Kier molecular flexibility index (Phi) is 40.8. The van der Waals surface area contributed by atoms with Crippen molar-refractivity contribution in [3.05, 3.63) is 35.5 Å². The highest BCUT2D eigenvalue weighted by Gasteiger charge is 2.28. The fourth-order valence-corrected chi connectivity index (χ4v) is 4.56. The Balaban J connectivity index is -0.000000154. The summed E-state index contributed by atoms with van der Waals surface area (Å²) < 4.78 is 12.7. The lowest BCUT2D eigenvalue weighted by Crippen LogP contribution is -2.29. The molecule has 1 aliphatic carbocycles. The maximum atomic E-state index is 12.7. The zero-order chi connectivity index (χ0) is 32.7. The van der Waals surface area contributed by atoms with Crippen LogP contribution in [0, 0.1) is 41.4 Å². The SMILES string of the molecule is C#C.C/C(C=N)=C1\C=CC(N)C(CF)CC1C.CCC.CCC/C=C\[C@H](Cl)C(CCC)C(C)(C)C.CN.CNC. The average molecular weight is 587 g/mol. The minimum absolute atomic E-state index is 0.0905. The number of hydrogen-bond acceptors (Lipinski definition) is 4. The van der Waals surface area contributed by atoms with Crippen LogP contribution in [-0.2, 0) is 0 Å². The third-order valence-corrected chi connectivity index (χ3v) is 6.42. The molecule has 5 atom stereocenters. The number of nitrogens with one attached hydrogen (secondary N) is 2. The van der Waals surface area contributed by atoms with E-state index in [0.29, 0.717) is 11.3 Å². The molecule has 4 nitrogen and oxygen atoms in total. The fraction of sp³-hybridized carbons (Fsp3) is 0.735. The van der Waals surface area contributed by atoms with Crippen LogP contribution in [0.4, 0.5) is 4.39 Å². The van der Waals surface area contributed by atoms with E-state index in [1.165, 1.54) is 38.9 Å². The third kappa shape index (κ3) is 26.8. The molecule has 0 heterocycles. The summed E-state index contributed by atoms with van der Waals surface area (Å²) in [5.74, 6) is 0.765. The summed E-state index contributed by atoms with van der Waals surface area (Å²) in [6, 6.07) is -0.200. The number of unbranched alkanes of at least 4 members (excludes halogenated alkanes) is 1. The highest BCUT2D eigenvalue weighted by Crippen LogP contribution is 2.35. The van der Waals surface area contributed by atoms with E-state index in [1.54, 1.807) is 0 Å². The van der Waals surface area contributed by atoms with E-state index in [2.05, 4.69) is 91.4 Å². The lowest BCUT2D eigenvalue weighted by atomic mass is 9.76. The second-order valence-electron chi connectivity index (χ2n) is 10.9. The van der Waals surface area contributed by atoms with Crippen LogP contribution >= 0.6 is 11.6 Å². The Hall–Kier alpha value is -1.45. The molecule has 0 bridgehead atoms. The molecule has 0 aromatic rings. The van der Waals surface area contributed by atoms with Gasteiger partial charge >= 0.3 is 0 Å². The van der Waals surface area contributed by atoms with Crippen molar-refractivity contribution in [1.82, 2.24) is 5.32 Å². The molecule has 0 fully saturated rings. The standard InChI is InChI=1S/C14H27Cl.C12H19FN2.C3H8.C2H7N.C2H2.CH5N/c1-6-8-9-11-13(15)12(10-7-2)14(3,4)5;1-8-5-10(6-13)12(15)4-3-11(8)9(2)7-14;2*1-3-2;2*1-2/h9,11-13H,6-8,10H2,1-5H3;3-4,7-8,10,12,14H,5-6,15H2,1-2H3;3H2,1-2H3;3H,1-2H3;1-2H;2H2,1H3/b11-9-;11-9-,14-7?;;;;/t12?,13-;;;;;/m0...../s1. The molecule has 0 aliphatic heterocycles. The Morgan fingerprint density at radius 1 is 1.18 bits per heavy atom. The molecule has 0 radical (unpaired) electrons. The van der Waals surface area contributed by atoms with Crippen molar-refractivity contribution >= 4 is 17.8 Å². The maximum Gasteiger partial charge on any atom is 0.0940 e. The molecule has 40 heavy (non-hydrogen) atoms. The van der Waals surface area contributed by atoms with Crippen molar-refractivity contribution in [2.45, 2.75) is 112 Å². The summed E-state index contributed by atoms with van der Waals surface area (Å²) in [4.78, 5) is 0. The molecule has 238 valence electrons. The van der Waals surface area contributed by atoms with Gasteiger partial charge in [-0.3, -0.25) is 4.39 Å². The number of nitrogens with two attached hydrogens (primary N) is 2. The predicted molar refractivity (Wildman–Crippen MR) is 184 cm³/mol. The van der Waals surface area contributed by atoms with Crippen molar-refractivity contribution in [3.8, 4) is 12.8 Å². The van der Waals surface area contributed by atoms with Crippen molar-refractivity contribution in [1.29, 1.82) is 5.41 Å². The molecule has 0 saturated heterocycles. The van der Waals surface area contributed by atoms with Gasteiger partial charge in [-0.1, -0.05) is 99.0 Å². The molecular weight excluding hydrogens is 519 g/mol. The van der Waals surface area contributed by atoms with Gasteiger partial charge in [-0.05, 0) is 75.7 Å². The van der Waals surface area contributed by atoms with Crippen LogP contribution in [0.15, 0.2) is 35.5 Å². The molecular formula is C34H68ClFN4. The lowest BCUT2D eigenvalue weighted by Gasteiger charge is -2.33. The Bertz CT molecular complexity index is 648. The second kappa shape index (κ2) is 33.8. The van der Waals surface area contributed by atoms with E-state index >= 15 is 0 Å². The average Bonchev–Trinajstić information content (AvgIpc) is 3.07. The normalized spacial score (nSPS) is 20.5. The predicted octanol–water partition coefficient (Wildman–Crippen LogP) is 8.95. The quantitative estimate of drug-likeness (QED) is 0.0990. The number of alkyl halides is 2. The van der Waals surface area contributed by atoms with E-state index in [1.807, 2.05) is 33.2 Å². The summed E-state index contributed by atoms with van der Waals surface area (Å²) in [6.45, 7) is 19.1. The summed E-state index contributed by atoms with van der Waals surface area (Å²) >= 11 is 6.46. The second-order valence-corrected chi connectivity index (χ2v) is 11.4. The van der Waals surface area contributed by atoms with Gasteiger partial charge in [-0.2, -0.15) is 0 Å². The molecule has 6 heteroatoms. The van der Waals surface area contributed by atoms with Gasteiger partial charge in [0.15, 0.2) is 0 Å². The van der Waals surface area contributed by atoms with Crippen LogP contribution in [-0.4, -0.2) is 45.5 Å². The van der Waals surface area contributed by atoms with Gasteiger partial charge in [0, 0.05) is 18.2 Å². The third-order valence-electron chi connectivity index (χ3n) is 5.97. The number of halogens is 2. The van der Waals surface area contributed by atoms with E-state index in [9.17, 15) is 4.39 Å². The van der Waals surface area contributed by atoms with Crippen LogP contribution in [0.25, 0.3) is 0 Å². The first-order chi connectivity index (χ1) is 18.9. The first-order valence-corrected chi connectivity index (χ1v) is 15.3. The van der Waals surface area contributed by atoms with Gasteiger partial charge < -0.3 is 22.2 Å². The minimum atomic E-state index is -0.368.